The summed E-state index contributed by atoms with van der Waals surface area (Å²) in [7, 11) is 0. The third-order valence-corrected chi connectivity index (χ3v) is 1.57. The molecule has 72 valence electrons. The molecule has 14 heavy (non-hydrogen) atoms. The summed E-state index contributed by atoms with van der Waals surface area (Å²) >= 11 is 0. The Morgan fingerprint density at radius 2 is 1.57 bits per heavy atom. The number of ketones is 2. The number of carbonyl (C=O) groups excluding carboxylic acids is 2. The lowest BCUT2D eigenvalue weighted by Gasteiger charge is -2.06. The molecule has 0 aromatic heterocycles. The zero-order valence-electron chi connectivity index (χ0n) is 6.68. The average molecular weight is 196 g/mol. The summed E-state index contributed by atoms with van der Waals surface area (Å²) in [5, 5.41) is 17.0. The van der Waals surface area contributed by atoms with Crippen LogP contribution in [0.2, 0.25) is 0 Å². The van der Waals surface area contributed by atoms with E-state index >= 15 is 0 Å². The Morgan fingerprint density at radius 3 is 2.00 bits per heavy atom. The van der Waals surface area contributed by atoms with Gasteiger partial charge in [-0.2, -0.15) is 0 Å². The Balaban J connectivity index is 3.39. The summed E-state index contributed by atoms with van der Waals surface area (Å²) in [5.41, 5.74) is -1.67. The van der Waals surface area contributed by atoms with Gasteiger partial charge in [-0.3, -0.25) is 9.59 Å². The second-order valence-corrected chi connectivity index (χ2v) is 2.43. The summed E-state index contributed by atoms with van der Waals surface area (Å²) in [4.78, 5) is 42.7. The zero-order valence-corrected chi connectivity index (χ0v) is 6.68. The molecule has 6 heteroatoms. The van der Waals surface area contributed by atoms with Crippen molar-refractivity contribution in [3.05, 3.63) is 23.3 Å². The molecular weight excluding hydrogens is 192 g/mol. The van der Waals surface area contributed by atoms with Crippen LogP contribution in [0, 0.1) is 0 Å². The minimum absolute atomic E-state index is 0.679. The molecule has 0 heterocycles. The summed E-state index contributed by atoms with van der Waals surface area (Å²) in [6.07, 6.45) is 1.54. The lowest BCUT2D eigenvalue weighted by Crippen LogP contribution is -2.26. The van der Waals surface area contributed by atoms with E-state index in [-0.39, 0.29) is 0 Å². The number of hydrogen-bond donors (Lipinski definition) is 2. The number of aliphatic carboxylic acids is 2. The number of Topliss-reactive ketones (excluding diaryl/α,β-unsaturated/α-hetero) is 1. The van der Waals surface area contributed by atoms with E-state index in [0.717, 1.165) is 12.2 Å². The van der Waals surface area contributed by atoms with E-state index in [9.17, 15) is 19.2 Å². The molecule has 0 bridgehead atoms. The molecule has 1 rings (SSSR count). The molecule has 0 unspecified atom stereocenters. The number of rotatable bonds is 2. The van der Waals surface area contributed by atoms with Gasteiger partial charge < -0.3 is 10.2 Å². The molecule has 0 spiro atoms. The van der Waals surface area contributed by atoms with Gasteiger partial charge >= 0.3 is 11.9 Å². The van der Waals surface area contributed by atoms with Crippen molar-refractivity contribution in [3.63, 3.8) is 0 Å². The third kappa shape index (κ3) is 1.45. The lowest BCUT2D eigenvalue weighted by atomic mass is 9.95. The largest absolute Gasteiger partial charge is 0.478 e. The van der Waals surface area contributed by atoms with Crippen molar-refractivity contribution in [1.29, 1.82) is 0 Å². The van der Waals surface area contributed by atoms with E-state index in [1.807, 2.05) is 0 Å². The molecule has 0 aromatic rings. The monoisotopic (exact) mass is 196 g/mol. The van der Waals surface area contributed by atoms with Crippen molar-refractivity contribution < 1.29 is 29.4 Å². The van der Waals surface area contributed by atoms with Gasteiger partial charge in [0, 0.05) is 0 Å². The Morgan fingerprint density at radius 1 is 1.00 bits per heavy atom. The van der Waals surface area contributed by atoms with Gasteiger partial charge in [0.05, 0.1) is 5.57 Å². The van der Waals surface area contributed by atoms with Gasteiger partial charge in [-0.05, 0) is 12.2 Å². The standard InChI is InChI=1S/C8H4O6/c9-4-2-1-3(7(11)12)5(6(4)10)8(13)14/h1-2H,(H,11,12)(H,13,14). The molecule has 1 aliphatic rings. The molecular formula is C8H4O6. The highest BCUT2D eigenvalue weighted by atomic mass is 16.4. The highest BCUT2D eigenvalue weighted by Crippen LogP contribution is 2.14. The van der Waals surface area contributed by atoms with Crippen LogP contribution in [0.4, 0.5) is 0 Å². The molecule has 0 aromatic carbocycles. The summed E-state index contributed by atoms with van der Waals surface area (Å²) in [6.45, 7) is 0. The Bertz CT molecular complexity index is 412. The molecule has 1 aliphatic carbocycles. The van der Waals surface area contributed by atoms with Crippen molar-refractivity contribution in [2.75, 3.05) is 0 Å². The smallest absolute Gasteiger partial charge is 0.340 e. The van der Waals surface area contributed by atoms with E-state index in [4.69, 9.17) is 10.2 Å². The topological polar surface area (TPSA) is 109 Å². The predicted octanol–water partition coefficient (Wildman–Crippen LogP) is -0.840. The van der Waals surface area contributed by atoms with Crippen molar-refractivity contribution >= 4 is 23.5 Å². The molecule has 0 atom stereocenters. The molecule has 0 saturated heterocycles. The molecule has 0 aliphatic heterocycles. The SMILES string of the molecule is O=C(O)C1=C(C(=O)O)C(=O)C(=O)C=C1. The van der Waals surface area contributed by atoms with Crippen molar-refractivity contribution in [1.82, 2.24) is 0 Å². The maximum Gasteiger partial charge on any atom is 0.340 e. The van der Waals surface area contributed by atoms with Crippen LogP contribution in [0.25, 0.3) is 0 Å². The second-order valence-electron chi connectivity index (χ2n) is 2.43. The second kappa shape index (κ2) is 3.25. The van der Waals surface area contributed by atoms with Crippen LogP contribution in [0.1, 0.15) is 0 Å². The number of carboxylic acid groups (broad SMARTS) is 2. The first kappa shape index (κ1) is 9.85. The van der Waals surface area contributed by atoms with Crippen LogP contribution in [-0.2, 0) is 19.2 Å². The fraction of sp³-hybridized carbons (Fsp3) is 0. The fourth-order valence-corrected chi connectivity index (χ4v) is 0.954. The highest BCUT2D eigenvalue weighted by molar-refractivity contribution is 6.54. The third-order valence-electron chi connectivity index (χ3n) is 1.57. The Labute approximate surface area is 77.1 Å². The molecule has 0 radical (unpaired) electrons. The van der Waals surface area contributed by atoms with Crippen LogP contribution < -0.4 is 0 Å². The van der Waals surface area contributed by atoms with E-state index < -0.39 is 34.7 Å². The number of hydrogen-bond acceptors (Lipinski definition) is 4. The van der Waals surface area contributed by atoms with Gasteiger partial charge in [-0.15, -0.1) is 0 Å². The Hall–Kier alpha value is -2.24. The van der Waals surface area contributed by atoms with E-state index in [2.05, 4.69) is 0 Å². The fourth-order valence-electron chi connectivity index (χ4n) is 0.954. The van der Waals surface area contributed by atoms with Crippen molar-refractivity contribution in [2.24, 2.45) is 0 Å². The number of carbonyl (C=O) groups is 4. The molecule has 2 N–H and O–H groups in total. The van der Waals surface area contributed by atoms with Crippen LogP contribution in [0.3, 0.4) is 0 Å². The van der Waals surface area contributed by atoms with E-state index in [1.54, 1.807) is 0 Å². The van der Waals surface area contributed by atoms with Gasteiger partial charge in [0.2, 0.25) is 11.6 Å². The van der Waals surface area contributed by atoms with Crippen LogP contribution in [-0.4, -0.2) is 33.7 Å². The first-order valence-corrected chi connectivity index (χ1v) is 3.42. The maximum absolute atomic E-state index is 11.0. The van der Waals surface area contributed by atoms with Crippen molar-refractivity contribution in [2.45, 2.75) is 0 Å². The van der Waals surface area contributed by atoms with Crippen LogP contribution in [0.15, 0.2) is 23.3 Å². The van der Waals surface area contributed by atoms with Gasteiger partial charge in [0.1, 0.15) is 5.57 Å². The van der Waals surface area contributed by atoms with Gasteiger partial charge in [-0.25, -0.2) is 9.59 Å². The minimum Gasteiger partial charge on any atom is -0.478 e. The number of allylic oxidation sites excluding steroid dienone is 1. The molecule has 0 fully saturated rings. The zero-order chi connectivity index (χ0) is 10.9. The quantitative estimate of drug-likeness (QED) is 0.338. The average Bonchev–Trinajstić information content (AvgIpc) is 2.08. The summed E-state index contributed by atoms with van der Waals surface area (Å²) in [6, 6.07) is 0. The minimum atomic E-state index is -1.72. The van der Waals surface area contributed by atoms with Gasteiger partial charge in [0.15, 0.2) is 0 Å². The summed E-state index contributed by atoms with van der Waals surface area (Å²) < 4.78 is 0. The van der Waals surface area contributed by atoms with Gasteiger partial charge in [0.25, 0.3) is 0 Å². The van der Waals surface area contributed by atoms with Crippen LogP contribution >= 0.6 is 0 Å². The Kier molecular flexibility index (Phi) is 2.29. The molecule has 0 amide bonds. The highest BCUT2D eigenvalue weighted by Gasteiger charge is 2.31. The first-order valence-electron chi connectivity index (χ1n) is 3.42. The maximum atomic E-state index is 11.0. The summed E-state index contributed by atoms with van der Waals surface area (Å²) in [5.74, 6) is -5.62. The number of carboxylic acids is 2. The predicted molar refractivity (Wildman–Crippen MR) is 41.5 cm³/mol. The van der Waals surface area contributed by atoms with Crippen LogP contribution in [0.5, 0.6) is 0 Å². The first-order chi connectivity index (χ1) is 6.45. The van der Waals surface area contributed by atoms with Gasteiger partial charge in [-0.1, -0.05) is 0 Å². The van der Waals surface area contributed by atoms with Crippen molar-refractivity contribution in [3.8, 4) is 0 Å². The molecule has 0 saturated carbocycles. The van der Waals surface area contributed by atoms with E-state index in [0.29, 0.717) is 0 Å². The van der Waals surface area contributed by atoms with E-state index in [1.165, 1.54) is 0 Å². The normalized spacial score (nSPS) is 16.0. The lowest BCUT2D eigenvalue weighted by molar-refractivity contribution is -0.140. The molecule has 6 nitrogen and oxygen atoms in total.